The van der Waals surface area contributed by atoms with Gasteiger partial charge in [0.25, 0.3) is 0 Å². The topological polar surface area (TPSA) is 68.2 Å². The molecule has 1 aromatic rings. The quantitative estimate of drug-likeness (QED) is 0.894. The normalized spacial score (nSPS) is 26.0. The summed E-state index contributed by atoms with van der Waals surface area (Å²) in [6, 6.07) is 3.83. The van der Waals surface area contributed by atoms with E-state index in [1.165, 1.54) is 19.3 Å². The minimum Gasteiger partial charge on any atom is -0.354 e. The zero-order chi connectivity index (χ0) is 16.3. The van der Waals surface area contributed by atoms with Crippen LogP contribution in [-0.4, -0.2) is 36.4 Å². The summed E-state index contributed by atoms with van der Waals surface area (Å²) in [7, 11) is -2.95. The fourth-order valence-electron chi connectivity index (χ4n) is 4.08. The number of nitrogens with one attached hydrogen (secondary N) is 1. The fourth-order valence-corrected chi connectivity index (χ4v) is 5.76. The van der Waals surface area contributed by atoms with E-state index in [1.54, 1.807) is 0 Å². The van der Waals surface area contributed by atoms with Crippen LogP contribution in [-0.2, 0) is 21.2 Å². The Labute approximate surface area is 138 Å². The van der Waals surface area contributed by atoms with Crippen molar-refractivity contribution in [1.29, 1.82) is 0 Å². The van der Waals surface area contributed by atoms with E-state index in [2.05, 4.69) is 22.3 Å². The van der Waals surface area contributed by atoms with E-state index < -0.39 is 9.84 Å². The van der Waals surface area contributed by atoms with Gasteiger partial charge >= 0.3 is 0 Å². The van der Waals surface area contributed by atoms with E-state index >= 15 is 0 Å². The van der Waals surface area contributed by atoms with Gasteiger partial charge in [-0.2, -0.15) is 0 Å². The number of nitrogens with zero attached hydrogens (tertiary/aromatic N) is 1. The number of sulfone groups is 1. The van der Waals surface area contributed by atoms with Gasteiger partial charge in [0.05, 0.1) is 11.5 Å². The number of carbonyl (C=O) groups is 1. The molecule has 1 aromatic heterocycles. The number of amides is 1. The second-order valence-electron chi connectivity index (χ2n) is 7.26. The van der Waals surface area contributed by atoms with Crippen LogP contribution >= 0.6 is 0 Å². The van der Waals surface area contributed by atoms with Crippen LogP contribution in [0.4, 0.5) is 0 Å². The predicted molar refractivity (Wildman–Crippen MR) is 89.8 cm³/mol. The fraction of sp³-hybridized carbons (Fsp3) is 0.706. The van der Waals surface area contributed by atoms with Gasteiger partial charge in [-0.05, 0) is 36.8 Å². The first-order valence-electron chi connectivity index (χ1n) is 8.57. The minimum atomic E-state index is -2.95. The van der Waals surface area contributed by atoms with Crippen LogP contribution in [0.1, 0.15) is 44.9 Å². The first-order chi connectivity index (χ1) is 11.0. The van der Waals surface area contributed by atoms with Crippen LogP contribution < -0.4 is 5.32 Å². The highest BCUT2D eigenvalue weighted by Crippen LogP contribution is 2.41. The third-order valence-electron chi connectivity index (χ3n) is 5.23. The largest absolute Gasteiger partial charge is 0.354 e. The summed E-state index contributed by atoms with van der Waals surface area (Å²) in [4.78, 5) is 12.5. The third-order valence-corrected chi connectivity index (χ3v) is 7.00. The maximum absolute atomic E-state index is 12.5. The molecule has 0 bridgehead atoms. The van der Waals surface area contributed by atoms with E-state index in [-0.39, 0.29) is 28.9 Å². The molecule has 3 rings (SSSR count). The van der Waals surface area contributed by atoms with Gasteiger partial charge in [0.1, 0.15) is 0 Å². The summed E-state index contributed by atoms with van der Waals surface area (Å²) in [5.41, 5.74) is 0.0127. The molecule has 2 heterocycles. The van der Waals surface area contributed by atoms with Gasteiger partial charge in [-0.25, -0.2) is 8.42 Å². The van der Waals surface area contributed by atoms with Gasteiger partial charge in [-0.15, -0.1) is 0 Å². The highest BCUT2D eigenvalue weighted by atomic mass is 32.2. The summed E-state index contributed by atoms with van der Waals surface area (Å²) in [5, 5.41) is 2.96. The Hall–Kier alpha value is -1.30. The van der Waals surface area contributed by atoms with Gasteiger partial charge in [0.2, 0.25) is 5.91 Å². The van der Waals surface area contributed by atoms with Gasteiger partial charge in [0.15, 0.2) is 9.84 Å². The Morgan fingerprint density at radius 3 is 2.48 bits per heavy atom. The van der Waals surface area contributed by atoms with Crippen molar-refractivity contribution < 1.29 is 13.2 Å². The van der Waals surface area contributed by atoms with Crippen molar-refractivity contribution in [3.63, 3.8) is 0 Å². The first kappa shape index (κ1) is 16.6. The monoisotopic (exact) mass is 338 g/mol. The molecule has 1 atom stereocenters. The van der Waals surface area contributed by atoms with Crippen LogP contribution in [0.15, 0.2) is 24.5 Å². The van der Waals surface area contributed by atoms with E-state index in [4.69, 9.17) is 0 Å². The van der Waals surface area contributed by atoms with Gasteiger partial charge < -0.3 is 9.88 Å². The Morgan fingerprint density at radius 2 is 1.87 bits per heavy atom. The van der Waals surface area contributed by atoms with Crippen LogP contribution in [0, 0.1) is 5.41 Å². The zero-order valence-electron chi connectivity index (χ0n) is 13.5. The maximum Gasteiger partial charge on any atom is 0.220 e. The van der Waals surface area contributed by atoms with Crippen LogP contribution in [0.2, 0.25) is 0 Å². The number of hydrogen-bond donors (Lipinski definition) is 1. The average molecular weight is 338 g/mol. The third kappa shape index (κ3) is 4.37. The Bertz CT molecular complexity index is 631. The summed E-state index contributed by atoms with van der Waals surface area (Å²) < 4.78 is 25.2. The summed E-state index contributed by atoms with van der Waals surface area (Å²) in [6.07, 6.45) is 10.9. The summed E-state index contributed by atoms with van der Waals surface area (Å²) in [5.74, 6) is 0.316. The van der Waals surface area contributed by atoms with Crippen molar-refractivity contribution in [1.82, 2.24) is 9.88 Å². The molecule has 1 aliphatic carbocycles. The lowest BCUT2D eigenvalue weighted by molar-refractivity contribution is -0.124. The number of aromatic nitrogens is 1. The number of rotatable bonds is 5. The van der Waals surface area contributed by atoms with E-state index in [1.807, 2.05) is 12.1 Å². The second-order valence-corrected chi connectivity index (χ2v) is 9.49. The van der Waals surface area contributed by atoms with Crippen molar-refractivity contribution in [3.05, 3.63) is 24.5 Å². The van der Waals surface area contributed by atoms with Gasteiger partial charge in [0, 0.05) is 31.4 Å². The highest BCUT2D eigenvalue weighted by molar-refractivity contribution is 7.91. The Kier molecular flexibility index (Phi) is 4.80. The molecule has 0 unspecified atom stereocenters. The molecule has 0 aromatic carbocycles. The molecule has 23 heavy (non-hydrogen) atoms. The lowest BCUT2D eigenvalue weighted by Gasteiger charge is -2.37. The van der Waals surface area contributed by atoms with Gasteiger partial charge in [-0.3, -0.25) is 4.79 Å². The number of carbonyl (C=O) groups excluding carboxylic acids is 1. The smallest absolute Gasteiger partial charge is 0.220 e. The van der Waals surface area contributed by atoms with Crippen molar-refractivity contribution in [3.8, 4) is 0 Å². The van der Waals surface area contributed by atoms with Crippen molar-refractivity contribution in [2.75, 3.05) is 11.5 Å². The van der Waals surface area contributed by atoms with E-state index in [9.17, 15) is 13.2 Å². The zero-order valence-corrected chi connectivity index (χ0v) is 14.4. The molecular formula is C17H26N2O3S. The number of hydrogen-bond acceptors (Lipinski definition) is 3. The summed E-state index contributed by atoms with van der Waals surface area (Å²) >= 11 is 0. The molecule has 1 saturated heterocycles. The molecule has 1 N–H and O–H groups in total. The molecule has 0 spiro atoms. The lowest BCUT2D eigenvalue weighted by Crippen LogP contribution is -2.41. The summed E-state index contributed by atoms with van der Waals surface area (Å²) in [6.45, 7) is 0.871. The predicted octanol–water partition coefficient (Wildman–Crippen LogP) is 2.13. The highest BCUT2D eigenvalue weighted by Gasteiger charge is 2.36. The van der Waals surface area contributed by atoms with Crippen LogP contribution in [0.25, 0.3) is 0 Å². The van der Waals surface area contributed by atoms with Crippen molar-refractivity contribution in [2.24, 2.45) is 5.41 Å². The second kappa shape index (κ2) is 6.67. The van der Waals surface area contributed by atoms with Gasteiger partial charge in [-0.1, -0.05) is 19.3 Å². The molecule has 1 saturated carbocycles. The molecule has 2 aliphatic rings. The molecular weight excluding hydrogens is 312 g/mol. The van der Waals surface area contributed by atoms with Crippen molar-refractivity contribution in [2.45, 2.75) is 57.5 Å². The molecule has 6 heteroatoms. The molecule has 1 amide bonds. The molecule has 5 nitrogen and oxygen atoms in total. The maximum atomic E-state index is 12.5. The Morgan fingerprint density at radius 1 is 1.17 bits per heavy atom. The molecule has 2 fully saturated rings. The standard InChI is InChI=1S/C17H26N2O3S/c20-16(18-15-6-11-23(21,22)13-15)12-17(7-2-1-3-8-17)14-19-9-4-5-10-19/h4-5,9-10,15H,1-3,6-8,11-14H2,(H,18,20)/t15-/m0/s1. The van der Waals surface area contributed by atoms with Crippen LogP contribution in [0.5, 0.6) is 0 Å². The molecule has 128 valence electrons. The first-order valence-corrected chi connectivity index (χ1v) is 10.4. The van der Waals surface area contributed by atoms with E-state index in [0.29, 0.717) is 12.8 Å². The molecule has 1 aliphatic heterocycles. The minimum absolute atomic E-state index is 0.0127. The van der Waals surface area contributed by atoms with Crippen LogP contribution in [0.3, 0.4) is 0 Å². The molecule has 0 radical (unpaired) electrons. The van der Waals surface area contributed by atoms with E-state index in [0.717, 1.165) is 19.4 Å². The van der Waals surface area contributed by atoms with Crippen molar-refractivity contribution >= 4 is 15.7 Å². The Balaban J connectivity index is 1.62. The lowest BCUT2D eigenvalue weighted by atomic mass is 9.71. The average Bonchev–Trinajstić information content (AvgIpc) is 3.09. The SMILES string of the molecule is O=C(CC1(Cn2cccc2)CCCCC1)N[C@H]1CCS(=O)(=O)C1.